The predicted octanol–water partition coefficient (Wildman–Crippen LogP) is 1.64. The summed E-state index contributed by atoms with van der Waals surface area (Å²) in [7, 11) is 0. The molecule has 1 aliphatic rings. The van der Waals surface area contributed by atoms with Crippen molar-refractivity contribution in [1.29, 1.82) is 0 Å². The summed E-state index contributed by atoms with van der Waals surface area (Å²) in [5.41, 5.74) is 1.72. The van der Waals surface area contributed by atoms with Gasteiger partial charge in [0.2, 0.25) is 0 Å². The lowest BCUT2D eigenvalue weighted by molar-refractivity contribution is 0.0691. The van der Waals surface area contributed by atoms with Crippen LogP contribution in [0.1, 0.15) is 16.2 Å². The number of aromatic amines is 1. The Hall–Kier alpha value is -2.42. The van der Waals surface area contributed by atoms with Gasteiger partial charge in [-0.3, -0.25) is 4.68 Å². The molecule has 3 aromatic heterocycles. The first-order chi connectivity index (χ1) is 10.6. The number of nitrogens with zero attached hydrogens (tertiary/aromatic N) is 5. The van der Waals surface area contributed by atoms with Crippen molar-refractivity contribution in [3.8, 4) is 0 Å². The number of hydrogen-bond acceptors (Lipinski definition) is 5. The third-order valence-corrected chi connectivity index (χ3v) is 4.42. The lowest BCUT2D eigenvalue weighted by atomic mass is 10.2. The lowest BCUT2D eigenvalue weighted by Gasteiger charge is -2.29. The second kappa shape index (κ2) is 4.80. The molecule has 0 bridgehead atoms. The molecule has 0 saturated heterocycles. The van der Waals surface area contributed by atoms with Crippen LogP contribution in [0.4, 0.5) is 5.82 Å². The Kier molecular flexibility index (Phi) is 2.89. The number of carboxylic acids is 1. The van der Waals surface area contributed by atoms with Gasteiger partial charge in [-0.05, 0) is 22.0 Å². The van der Waals surface area contributed by atoms with E-state index >= 15 is 0 Å². The van der Waals surface area contributed by atoms with Gasteiger partial charge in [-0.1, -0.05) is 0 Å². The van der Waals surface area contributed by atoms with Gasteiger partial charge < -0.3 is 15.0 Å². The maximum atomic E-state index is 11.1. The molecule has 0 fully saturated rings. The zero-order chi connectivity index (χ0) is 15.3. The van der Waals surface area contributed by atoms with Crippen LogP contribution in [0.2, 0.25) is 0 Å². The molecule has 2 N–H and O–H groups in total. The van der Waals surface area contributed by atoms with Crippen LogP contribution in [-0.2, 0) is 13.1 Å². The predicted molar refractivity (Wildman–Crippen MR) is 81.8 cm³/mol. The number of aromatic nitrogens is 5. The van der Waals surface area contributed by atoms with Crippen molar-refractivity contribution in [1.82, 2.24) is 24.7 Å². The van der Waals surface area contributed by atoms with Crippen molar-refractivity contribution in [3.63, 3.8) is 0 Å². The van der Waals surface area contributed by atoms with Crippen molar-refractivity contribution in [2.24, 2.45) is 0 Å². The van der Waals surface area contributed by atoms with Crippen LogP contribution in [0.3, 0.4) is 0 Å². The van der Waals surface area contributed by atoms with Gasteiger partial charge in [0.1, 0.15) is 23.5 Å². The minimum absolute atomic E-state index is 0.111. The number of H-pyrrole nitrogens is 1. The summed E-state index contributed by atoms with van der Waals surface area (Å²) in [5, 5.41) is 14.1. The Morgan fingerprint density at radius 2 is 2.23 bits per heavy atom. The molecule has 0 aliphatic carbocycles. The highest BCUT2D eigenvalue weighted by Crippen LogP contribution is 2.29. The minimum atomic E-state index is -1.01. The van der Waals surface area contributed by atoms with E-state index in [2.05, 4.69) is 40.9 Å². The molecule has 0 spiro atoms. The van der Waals surface area contributed by atoms with Gasteiger partial charge in [-0.15, -0.1) is 0 Å². The minimum Gasteiger partial charge on any atom is -0.477 e. The number of nitrogens with one attached hydrogen (secondary N) is 1. The Labute approximate surface area is 132 Å². The summed E-state index contributed by atoms with van der Waals surface area (Å²) in [5.74, 6) is -0.281. The number of aromatic carboxylic acids is 1. The van der Waals surface area contributed by atoms with Crippen LogP contribution in [0.15, 0.2) is 23.1 Å². The van der Waals surface area contributed by atoms with E-state index in [1.54, 1.807) is 12.3 Å². The number of carboxylic acid groups (broad SMARTS) is 1. The molecular formula is C13H11BrN6O2. The highest BCUT2D eigenvalue weighted by molar-refractivity contribution is 9.10. The molecule has 4 rings (SSSR count). The van der Waals surface area contributed by atoms with Crippen molar-refractivity contribution in [2.75, 3.05) is 11.4 Å². The average molecular weight is 363 g/mol. The van der Waals surface area contributed by atoms with Crippen molar-refractivity contribution in [2.45, 2.75) is 13.1 Å². The molecule has 4 heterocycles. The molecule has 3 aromatic rings. The van der Waals surface area contributed by atoms with Crippen LogP contribution in [0.5, 0.6) is 0 Å². The second-order valence-electron chi connectivity index (χ2n) is 5.03. The second-order valence-corrected chi connectivity index (χ2v) is 5.89. The molecule has 1 aliphatic heterocycles. The van der Waals surface area contributed by atoms with Gasteiger partial charge in [0.05, 0.1) is 34.8 Å². The number of hydrogen-bond donors (Lipinski definition) is 2. The molecule has 0 radical (unpaired) electrons. The summed E-state index contributed by atoms with van der Waals surface area (Å²) in [6.07, 6.45) is 3.23. The number of carbonyl (C=O) groups is 1. The molecule has 0 unspecified atom stereocenters. The van der Waals surface area contributed by atoms with Crippen LogP contribution < -0.4 is 4.90 Å². The monoisotopic (exact) mass is 362 g/mol. The van der Waals surface area contributed by atoms with Crippen LogP contribution in [-0.4, -0.2) is 42.4 Å². The smallest absolute Gasteiger partial charge is 0.352 e. The van der Waals surface area contributed by atoms with E-state index < -0.39 is 5.97 Å². The molecule has 112 valence electrons. The third kappa shape index (κ3) is 1.97. The lowest BCUT2D eigenvalue weighted by Crippen LogP contribution is -2.34. The first-order valence-electron chi connectivity index (χ1n) is 6.65. The molecule has 0 aromatic carbocycles. The van der Waals surface area contributed by atoms with Crippen LogP contribution >= 0.6 is 15.9 Å². The normalized spacial score (nSPS) is 14.3. The molecular weight excluding hydrogens is 352 g/mol. The Morgan fingerprint density at radius 1 is 1.36 bits per heavy atom. The first-order valence-corrected chi connectivity index (χ1v) is 7.45. The summed E-state index contributed by atoms with van der Waals surface area (Å²) in [4.78, 5) is 24.5. The number of fused-ring (bicyclic) bond motifs is 2. The fourth-order valence-corrected chi connectivity index (χ4v) is 3.11. The van der Waals surface area contributed by atoms with E-state index in [4.69, 9.17) is 5.11 Å². The highest BCUT2D eigenvalue weighted by atomic mass is 79.9. The molecule has 22 heavy (non-hydrogen) atoms. The zero-order valence-electron chi connectivity index (χ0n) is 11.3. The maximum absolute atomic E-state index is 11.1. The average Bonchev–Trinajstić information content (AvgIpc) is 3.11. The number of anilines is 1. The topological polar surface area (TPSA) is 99.9 Å². The largest absolute Gasteiger partial charge is 0.477 e. The molecule has 0 saturated carbocycles. The summed E-state index contributed by atoms with van der Waals surface area (Å²) >= 11 is 3.50. The Balaban J connectivity index is 1.78. The van der Waals surface area contributed by atoms with Gasteiger partial charge in [0.25, 0.3) is 0 Å². The maximum Gasteiger partial charge on any atom is 0.352 e. The number of halogens is 1. The molecule has 0 amide bonds. The first kappa shape index (κ1) is 13.3. The highest BCUT2D eigenvalue weighted by Gasteiger charge is 2.23. The van der Waals surface area contributed by atoms with Gasteiger partial charge in [0.15, 0.2) is 0 Å². The van der Waals surface area contributed by atoms with E-state index in [1.807, 2.05) is 4.68 Å². The fraction of sp³-hybridized carbons (Fsp3) is 0.231. The summed E-state index contributed by atoms with van der Waals surface area (Å²) in [6.45, 7) is 2.16. The van der Waals surface area contributed by atoms with E-state index in [0.717, 1.165) is 29.1 Å². The SMILES string of the molecule is O=C(O)c1cc2c(N3CCn4ncc(Br)c4C3)ncnc2[nH]1. The molecule has 0 atom stereocenters. The van der Waals surface area contributed by atoms with E-state index in [9.17, 15) is 4.79 Å². The van der Waals surface area contributed by atoms with E-state index in [0.29, 0.717) is 17.6 Å². The molecule has 8 nitrogen and oxygen atoms in total. The van der Waals surface area contributed by atoms with E-state index in [1.165, 1.54) is 6.33 Å². The van der Waals surface area contributed by atoms with Gasteiger partial charge in [0, 0.05) is 6.54 Å². The standard InChI is InChI=1S/C13H11BrN6O2/c14-8-4-17-20-2-1-19(5-10(8)20)12-7-3-9(13(21)22)18-11(7)15-6-16-12/h3-4,6H,1-2,5H2,(H,21,22)(H,15,16,18). The third-order valence-electron chi connectivity index (χ3n) is 3.75. The zero-order valence-corrected chi connectivity index (χ0v) is 12.9. The van der Waals surface area contributed by atoms with Gasteiger partial charge >= 0.3 is 5.97 Å². The Bertz CT molecular complexity index is 886. The van der Waals surface area contributed by atoms with Crippen molar-refractivity contribution >= 4 is 38.8 Å². The quantitative estimate of drug-likeness (QED) is 0.718. The van der Waals surface area contributed by atoms with Crippen molar-refractivity contribution in [3.05, 3.63) is 34.5 Å². The van der Waals surface area contributed by atoms with Crippen LogP contribution in [0, 0.1) is 0 Å². The fourth-order valence-electron chi connectivity index (χ4n) is 2.69. The van der Waals surface area contributed by atoms with E-state index in [-0.39, 0.29) is 5.69 Å². The Morgan fingerprint density at radius 3 is 3.05 bits per heavy atom. The number of rotatable bonds is 2. The van der Waals surface area contributed by atoms with Gasteiger partial charge in [-0.25, -0.2) is 14.8 Å². The van der Waals surface area contributed by atoms with Gasteiger partial charge in [-0.2, -0.15) is 5.10 Å². The molecule has 9 heteroatoms. The summed E-state index contributed by atoms with van der Waals surface area (Å²) < 4.78 is 2.92. The summed E-state index contributed by atoms with van der Waals surface area (Å²) in [6, 6.07) is 1.58. The van der Waals surface area contributed by atoms with Crippen molar-refractivity contribution < 1.29 is 9.90 Å². The van der Waals surface area contributed by atoms with Crippen LogP contribution in [0.25, 0.3) is 11.0 Å².